The van der Waals surface area contributed by atoms with Gasteiger partial charge in [0.05, 0.1) is 18.7 Å². The summed E-state index contributed by atoms with van der Waals surface area (Å²) in [6.07, 6.45) is 3.72. The SMILES string of the molecule is CCNc1ncc2nc(-c3cn(C)c4ccccc34)c(=O)n(CCC#N)c2n1. The summed E-state index contributed by atoms with van der Waals surface area (Å²) < 4.78 is 3.49. The molecule has 0 aliphatic carbocycles. The number of para-hydroxylation sites is 1. The van der Waals surface area contributed by atoms with Crippen molar-refractivity contribution in [2.75, 3.05) is 11.9 Å². The molecule has 140 valence electrons. The van der Waals surface area contributed by atoms with Crippen LogP contribution in [0, 0.1) is 11.3 Å². The van der Waals surface area contributed by atoms with Crippen LogP contribution in [0.15, 0.2) is 41.5 Å². The molecule has 0 atom stereocenters. The molecule has 0 bridgehead atoms. The maximum absolute atomic E-state index is 13.3. The van der Waals surface area contributed by atoms with Gasteiger partial charge in [-0.1, -0.05) is 18.2 Å². The quantitative estimate of drug-likeness (QED) is 0.577. The largest absolute Gasteiger partial charge is 0.354 e. The predicted molar refractivity (Wildman–Crippen MR) is 108 cm³/mol. The van der Waals surface area contributed by atoms with Crippen molar-refractivity contribution >= 4 is 28.0 Å². The second-order valence-corrected chi connectivity index (χ2v) is 6.43. The lowest BCUT2D eigenvalue weighted by molar-refractivity contribution is 0.702. The van der Waals surface area contributed by atoms with E-state index in [4.69, 9.17) is 5.26 Å². The standard InChI is InChI=1S/C20H19N7O/c1-3-22-20-23-11-15-18(25-20)27(10-6-9-21)19(28)17(24-15)14-12-26(2)16-8-5-4-7-13(14)16/h4-5,7-8,11-12H,3,6,10H2,1-2H3,(H,22,23,25). The zero-order valence-corrected chi connectivity index (χ0v) is 15.7. The lowest BCUT2D eigenvalue weighted by Crippen LogP contribution is -2.25. The van der Waals surface area contributed by atoms with Crippen molar-refractivity contribution in [3.8, 4) is 17.3 Å². The number of nitrogens with zero attached hydrogens (tertiary/aromatic N) is 6. The summed E-state index contributed by atoms with van der Waals surface area (Å²) in [4.78, 5) is 26.6. The number of fused-ring (bicyclic) bond motifs is 2. The van der Waals surface area contributed by atoms with Crippen LogP contribution in [0.4, 0.5) is 5.95 Å². The van der Waals surface area contributed by atoms with E-state index in [1.807, 2.05) is 49.0 Å². The van der Waals surface area contributed by atoms with Gasteiger partial charge in [0.2, 0.25) is 5.95 Å². The summed E-state index contributed by atoms with van der Waals surface area (Å²) in [5.41, 5.74) is 2.78. The molecular weight excluding hydrogens is 354 g/mol. The van der Waals surface area contributed by atoms with E-state index in [1.165, 1.54) is 4.57 Å². The molecule has 0 radical (unpaired) electrons. The molecular formula is C20H19N7O. The summed E-state index contributed by atoms with van der Waals surface area (Å²) in [5, 5.41) is 13.0. The molecule has 0 fully saturated rings. The van der Waals surface area contributed by atoms with Gasteiger partial charge in [-0.15, -0.1) is 0 Å². The van der Waals surface area contributed by atoms with Gasteiger partial charge in [0.1, 0.15) is 11.2 Å². The van der Waals surface area contributed by atoms with Crippen LogP contribution in [-0.2, 0) is 13.6 Å². The van der Waals surface area contributed by atoms with Crippen LogP contribution >= 0.6 is 0 Å². The highest BCUT2D eigenvalue weighted by atomic mass is 16.1. The Morgan fingerprint density at radius 1 is 1.25 bits per heavy atom. The molecule has 4 aromatic rings. The molecule has 8 heteroatoms. The molecule has 3 aromatic heterocycles. The number of hydrogen-bond acceptors (Lipinski definition) is 6. The maximum atomic E-state index is 13.3. The summed E-state index contributed by atoms with van der Waals surface area (Å²) in [7, 11) is 1.94. The van der Waals surface area contributed by atoms with E-state index in [0.717, 1.165) is 16.5 Å². The Bertz CT molecular complexity index is 1280. The normalized spacial score (nSPS) is 11.0. The third-order valence-electron chi connectivity index (χ3n) is 4.62. The Hall–Kier alpha value is -3.73. The maximum Gasteiger partial charge on any atom is 0.278 e. The zero-order chi connectivity index (χ0) is 19.7. The number of anilines is 1. The molecule has 28 heavy (non-hydrogen) atoms. The Morgan fingerprint density at radius 2 is 2.07 bits per heavy atom. The van der Waals surface area contributed by atoms with E-state index >= 15 is 0 Å². The molecule has 4 rings (SSSR count). The first-order chi connectivity index (χ1) is 13.6. The second-order valence-electron chi connectivity index (χ2n) is 6.43. The number of nitriles is 1. The van der Waals surface area contributed by atoms with E-state index in [2.05, 4.69) is 26.3 Å². The van der Waals surface area contributed by atoms with E-state index < -0.39 is 0 Å². The third kappa shape index (κ3) is 2.87. The Kier molecular flexibility index (Phi) is 4.49. The molecule has 0 amide bonds. The van der Waals surface area contributed by atoms with Crippen LogP contribution in [0.5, 0.6) is 0 Å². The molecule has 0 spiro atoms. The van der Waals surface area contributed by atoms with Gasteiger partial charge in [-0.3, -0.25) is 9.36 Å². The van der Waals surface area contributed by atoms with Gasteiger partial charge in [0.15, 0.2) is 5.65 Å². The first-order valence-electron chi connectivity index (χ1n) is 9.07. The van der Waals surface area contributed by atoms with E-state index in [1.54, 1.807) is 6.20 Å². The van der Waals surface area contributed by atoms with Gasteiger partial charge >= 0.3 is 0 Å². The van der Waals surface area contributed by atoms with Gasteiger partial charge in [-0.05, 0) is 13.0 Å². The minimum atomic E-state index is -0.264. The van der Waals surface area contributed by atoms with Crippen LogP contribution in [0.1, 0.15) is 13.3 Å². The van der Waals surface area contributed by atoms with Crippen molar-refractivity contribution in [3.63, 3.8) is 0 Å². The second kappa shape index (κ2) is 7.12. The van der Waals surface area contributed by atoms with Crippen molar-refractivity contribution < 1.29 is 0 Å². The number of aryl methyl sites for hydroxylation is 2. The average Bonchev–Trinajstić information content (AvgIpc) is 3.04. The van der Waals surface area contributed by atoms with Crippen molar-refractivity contribution in [1.82, 2.24) is 24.1 Å². The first kappa shape index (κ1) is 17.7. The number of hydrogen-bond donors (Lipinski definition) is 1. The molecule has 0 saturated carbocycles. The minimum Gasteiger partial charge on any atom is -0.354 e. The van der Waals surface area contributed by atoms with Crippen LogP contribution in [0.3, 0.4) is 0 Å². The molecule has 0 aliphatic rings. The van der Waals surface area contributed by atoms with Crippen LogP contribution in [0.25, 0.3) is 33.3 Å². The van der Waals surface area contributed by atoms with Crippen molar-refractivity contribution in [2.24, 2.45) is 7.05 Å². The predicted octanol–water partition coefficient (Wildman–Crippen LogP) is 2.69. The molecule has 0 aliphatic heterocycles. The lowest BCUT2D eigenvalue weighted by Gasteiger charge is -2.11. The molecule has 0 saturated heterocycles. The topological polar surface area (TPSA) is 101 Å². The summed E-state index contributed by atoms with van der Waals surface area (Å²) in [6.45, 7) is 2.85. The van der Waals surface area contributed by atoms with Gasteiger partial charge in [0, 0.05) is 42.8 Å². The van der Waals surface area contributed by atoms with Crippen LogP contribution in [0.2, 0.25) is 0 Å². The van der Waals surface area contributed by atoms with Crippen molar-refractivity contribution in [1.29, 1.82) is 5.26 Å². The smallest absolute Gasteiger partial charge is 0.278 e. The average molecular weight is 373 g/mol. The highest BCUT2D eigenvalue weighted by Crippen LogP contribution is 2.28. The number of benzene rings is 1. The summed E-state index contributed by atoms with van der Waals surface area (Å²) in [5.74, 6) is 0.430. The van der Waals surface area contributed by atoms with E-state index in [-0.39, 0.29) is 18.5 Å². The third-order valence-corrected chi connectivity index (χ3v) is 4.62. The highest BCUT2D eigenvalue weighted by Gasteiger charge is 2.18. The van der Waals surface area contributed by atoms with E-state index in [9.17, 15) is 4.79 Å². The fourth-order valence-electron chi connectivity index (χ4n) is 3.35. The fourth-order valence-corrected chi connectivity index (χ4v) is 3.35. The number of rotatable bonds is 5. The van der Waals surface area contributed by atoms with Crippen molar-refractivity contribution in [2.45, 2.75) is 19.9 Å². The zero-order valence-electron chi connectivity index (χ0n) is 15.7. The van der Waals surface area contributed by atoms with Gasteiger partial charge < -0.3 is 9.88 Å². The molecule has 0 unspecified atom stereocenters. The van der Waals surface area contributed by atoms with Crippen molar-refractivity contribution in [3.05, 3.63) is 47.0 Å². The Labute approximate surface area is 161 Å². The van der Waals surface area contributed by atoms with Crippen LogP contribution < -0.4 is 10.9 Å². The summed E-state index contributed by atoms with van der Waals surface area (Å²) >= 11 is 0. The van der Waals surface area contributed by atoms with Crippen LogP contribution in [-0.4, -0.2) is 30.6 Å². The fraction of sp³-hybridized carbons (Fsp3) is 0.250. The molecule has 1 N–H and O–H groups in total. The lowest BCUT2D eigenvalue weighted by atomic mass is 10.1. The van der Waals surface area contributed by atoms with Gasteiger partial charge in [0.25, 0.3) is 5.56 Å². The molecule has 3 heterocycles. The molecule has 1 aromatic carbocycles. The summed E-state index contributed by atoms with van der Waals surface area (Å²) in [6, 6.07) is 9.97. The number of nitrogens with one attached hydrogen (secondary N) is 1. The highest BCUT2D eigenvalue weighted by molar-refractivity contribution is 5.95. The Morgan fingerprint density at radius 3 is 2.86 bits per heavy atom. The monoisotopic (exact) mass is 373 g/mol. The first-order valence-corrected chi connectivity index (χ1v) is 9.07. The van der Waals surface area contributed by atoms with Gasteiger partial charge in [-0.25, -0.2) is 9.97 Å². The number of aromatic nitrogens is 5. The van der Waals surface area contributed by atoms with E-state index in [0.29, 0.717) is 29.4 Å². The van der Waals surface area contributed by atoms with Gasteiger partial charge in [-0.2, -0.15) is 10.2 Å². The molecule has 8 nitrogen and oxygen atoms in total. The minimum absolute atomic E-state index is 0.203. The Balaban J connectivity index is 2.01.